The highest BCUT2D eigenvalue weighted by Gasteiger charge is 2.22. The van der Waals surface area contributed by atoms with E-state index in [1.165, 1.54) is 0 Å². The van der Waals surface area contributed by atoms with Crippen molar-refractivity contribution in [2.24, 2.45) is 0 Å². The van der Waals surface area contributed by atoms with E-state index in [0.29, 0.717) is 5.71 Å². The molecule has 4 nitrogen and oxygen atoms in total. The number of rotatable bonds is 1. The van der Waals surface area contributed by atoms with Crippen molar-refractivity contribution in [3.05, 3.63) is 51.8 Å². The Balaban J connectivity index is 2.07. The number of nitrogens with one attached hydrogen (secondary N) is 1. The number of fused-ring (bicyclic) bond motifs is 3. The van der Waals surface area contributed by atoms with Crippen LogP contribution in [0.5, 0.6) is 0 Å². The first kappa shape index (κ1) is 11.5. The van der Waals surface area contributed by atoms with E-state index in [0.717, 1.165) is 53.5 Å². The number of hydrogen-bond donors (Lipinski definition) is 1. The van der Waals surface area contributed by atoms with Gasteiger partial charge in [0, 0.05) is 11.1 Å². The first-order chi connectivity index (χ1) is 9.84. The van der Waals surface area contributed by atoms with Crippen LogP contribution in [-0.4, -0.2) is 10.1 Å². The summed E-state index contributed by atoms with van der Waals surface area (Å²) < 4.78 is 5.34. The fourth-order valence-corrected chi connectivity index (χ4v) is 3.06. The van der Waals surface area contributed by atoms with Gasteiger partial charge in [-0.2, -0.15) is 0 Å². The lowest BCUT2D eigenvalue weighted by molar-refractivity contribution is 0.450. The van der Waals surface area contributed by atoms with Gasteiger partial charge in [0.2, 0.25) is 5.71 Å². The molecule has 3 aromatic rings. The van der Waals surface area contributed by atoms with Gasteiger partial charge in [-0.05, 0) is 31.2 Å². The van der Waals surface area contributed by atoms with Crippen molar-refractivity contribution in [2.45, 2.75) is 25.7 Å². The summed E-state index contributed by atoms with van der Waals surface area (Å²) in [6, 6.07) is 9.96. The normalized spacial score (nSPS) is 14.4. The summed E-state index contributed by atoms with van der Waals surface area (Å²) in [5.74, 6) is 0. The predicted molar refractivity (Wildman–Crippen MR) is 76.7 cm³/mol. The lowest BCUT2D eigenvalue weighted by Crippen LogP contribution is -2.18. The van der Waals surface area contributed by atoms with E-state index in [1.54, 1.807) is 0 Å². The molecule has 4 heteroatoms. The summed E-state index contributed by atoms with van der Waals surface area (Å²) in [4.78, 5) is 14.9. The molecule has 1 aliphatic rings. The Kier molecular flexibility index (Phi) is 2.49. The van der Waals surface area contributed by atoms with Crippen LogP contribution in [0, 0.1) is 0 Å². The summed E-state index contributed by atoms with van der Waals surface area (Å²) in [7, 11) is 0. The fourth-order valence-electron chi connectivity index (χ4n) is 3.06. The van der Waals surface area contributed by atoms with Gasteiger partial charge >= 0.3 is 0 Å². The highest BCUT2D eigenvalue weighted by molar-refractivity contribution is 5.93. The van der Waals surface area contributed by atoms with Crippen LogP contribution in [0.25, 0.3) is 22.4 Å². The van der Waals surface area contributed by atoms with Crippen LogP contribution < -0.4 is 5.56 Å². The third kappa shape index (κ3) is 1.61. The maximum atomic E-state index is 12.1. The largest absolute Gasteiger partial charge is 0.337 e. The minimum atomic E-state index is -0.0250. The van der Waals surface area contributed by atoms with Crippen LogP contribution in [0.2, 0.25) is 0 Å². The molecule has 4 rings (SSSR count). The second kappa shape index (κ2) is 4.34. The zero-order valence-corrected chi connectivity index (χ0v) is 11.0. The summed E-state index contributed by atoms with van der Waals surface area (Å²) in [5.41, 5.74) is 4.35. The third-order valence-corrected chi connectivity index (χ3v) is 4.01. The fraction of sp³-hybridized carbons (Fsp3) is 0.250. The number of hydrogen-bond acceptors (Lipinski definition) is 3. The number of aryl methyl sites for hydroxylation is 1. The van der Waals surface area contributed by atoms with Gasteiger partial charge in [0.25, 0.3) is 5.56 Å². The summed E-state index contributed by atoms with van der Waals surface area (Å²) >= 11 is 0. The quantitative estimate of drug-likeness (QED) is 0.736. The molecular formula is C16H14N2O2. The standard InChI is InChI=1S/C16H14N2O2/c19-15-12-9-5-4-8-11(12)13-14(18-20-16(13)17-15)10-6-2-1-3-7-10/h1-3,6-7H,4-5,8-9H2,(H,17,19). The summed E-state index contributed by atoms with van der Waals surface area (Å²) in [6.07, 6.45) is 3.97. The van der Waals surface area contributed by atoms with Gasteiger partial charge in [0.1, 0.15) is 5.69 Å². The summed E-state index contributed by atoms with van der Waals surface area (Å²) in [6.45, 7) is 0. The van der Waals surface area contributed by atoms with E-state index >= 15 is 0 Å². The van der Waals surface area contributed by atoms with Crippen LogP contribution in [0.15, 0.2) is 39.6 Å². The Labute approximate surface area is 115 Å². The highest BCUT2D eigenvalue weighted by Crippen LogP contribution is 2.33. The molecule has 0 spiro atoms. The second-order valence-electron chi connectivity index (χ2n) is 5.22. The van der Waals surface area contributed by atoms with Crippen molar-refractivity contribution in [2.75, 3.05) is 0 Å². The van der Waals surface area contributed by atoms with Crippen LogP contribution in [-0.2, 0) is 12.8 Å². The Morgan fingerprint density at radius 1 is 1.05 bits per heavy atom. The predicted octanol–water partition coefficient (Wildman–Crippen LogP) is 3.06. The minimum Gasteiger partial charge on any atom is -0.337 e. The molecule has 100 valence electrons. The molecule has 1 aliphatic carbocycles. The number of H-pyrrole nitrogens is 1. The molecular weight excluding hydrogens is 252 g/mol. The zero-order valence-electron chi connectivity index (χ0n) is 11.0. The van der Waals surface area contributed by atoms with Gasteiger partial charge in [0.05, 0.1) is 5.39 Å². The molecule has 0 unspecified atom stereocenters. The molecule has 0 saturated carbocycles. The minimum absolute atomic E-state index is 0.0250. The average molecular weight is 266 g/mol. The molecule has 20 heavy (non-hydrogen) atoms. The SMILES string of the molecule is O=c1[nH]c2onc(-c3ccccc3)c2c2c1CCCC2. The van der Waals surface area contributed by atoms with E-state index in [-0.39, 0.29) is 5.56 Å². The van der Waals surface area contributed by atoms with E-state index in [2.05, 4.69) is 10.1 Å². The van der Waals surface area contributed by atoms with E-state index in [1.807, 2.05) is 30.3 Å². The number of aromatic nitrogens is 2. The highest BCUT2D eigenvalue weighted by atomic mass is 16.5. The van der Waals surface area contributed by atoms with Gasteiger partial charge in [-0.1, -0.05) is 35.5 Å². The molecule has 1 aromatic carbocycles. The number of pyridine rings is 1. The van der Waals surface area contributed by atoms with Gasteiger partial charge in [-0.25, -0.2) is 0 Å². The first-order valence-electron chi connectivity index (χ1n) is 6.93. The van der Waals surface area contributed by atoms with Crippen LogP contribution in [0.1, 0.15) is 24.0 Å². The Morgan fingerprint density at radius 2 is 1.80 bits per heavy atom. The van der Waals surface area contributed by atoms with Crippen molar-refractivity contribution < 1.29 is 4.52 Å². The van der Waals surface area contributed by atoms with Crippen LogP contribution in [0.4, 0.5) is 0 Å². The molecule has 0 aliphatic heterocycles. The molecule has 0 bridgehead atoms. The van der Waals surface area contributed by atoms with E-state index < -0.39 is 0 Å². The molecule has 2 heterocycles. The first-order valence-corrected chi connectivity index (χ1v) is 6.93. The lowest BCUT2D eigenvalue weighted by Gasteiger charge is -2.15. The maximum absolute atomic E-state index is 12.1. The van der Waals surface area contributed by atoms with E-state index in [4.69, 9.17) is 4.52 Å². The molecule has 2 aromatic heterocycles. The topological polar surface area (TPSA) is 58.9 Å². The Morgan fingerprint density at radius 3 is 2.60 bits per heavy atom. The van der Waals surface area contributed by atoms with Gasteiger partial charge in [0.15, 0.2) is 0 Å². The van der Waals surface area contributed by atoms with Crippen molar-refractivity contribution >= 4 is 11.1 Å². The van der Waals surface area contributed by atoms with Crippen molar-refractivity contribution in [1.29, 1.82) is 0 Å². The van der Waals surface area contributed by atoms with Gasteiger partial charge in [-0.15, -0.1) is 0 Å². The average Bonchev–Trinajstić information content (AvgIpc) is 2.92. The molecule has 0 saturated heterocycles. The molecule has 0 fully saturated rings. The Bertz CT molecular complexity index is 831. The number of aromatic amines is 1. The van der Waals surface area contributed by atoms with Crippen LogP contribution in [0.3, 0.4) is 0 Å². The maximum Gasteiger partial charge on any atom is 0.254 e. The van der Waals surface area contributed by atoms with E-state index in [9.17, 15) is 4.79 Å². The Hall–Kier alpha value is -2.36. The molecule has 0 amide bonds. The van der Waals surface area contributed by atoms with Crippen molar-refractivity contribution in [3.8, 4) is 11.3 Å². The van der Waals surface area contributed by atoms with Crippen LogP contribution >= 0.6 is 0 Å². The van der Waals surface area contributed by atoms with Gasteiger partial charge in [-0.3, -0.25) is 9.78 Å². The van der Waals surface area contributed by atoms with Crippen molar-refractivity contribution in [1.82, 2.24) is 10.1 Å². The molecule has 1 N–H and O–H groups in total. The number of benzene rings is 1. The lowest BCUT2D eigenvalue weighted by atomic mass is 9.90. The monoisotopic (exact) mass is 266 g/mol. The smallest absolute Gasteiger partial charge is 0.254 e. The summed E-state index contributed by atoms with van der Waals surface area (Å²) in [5, 5.41) is 5.15. The van der Waals surface area contributed by atoms with Crippen molar-refractivity contribution in [3.63, 3.8) is 0 Å². The zero-order chi connectivity index (χ0) is 13.5. The van der Waals surface area contributed by atoms with Gasteiger partial charge < -0.3 is 4.52 Å². The molecule has 0 radical (unpaired) electrons. The third-order valence-electron chi connectivity index (χ3n) is 4.01. The number of nitrogens with zero attached hydrogens (tertiary/aromatic N) is 1. The molecule has 0 atom stereocenters. The second-order valence-corrected chi connectivity index (χ2v) is 5.22.